The molecule has 0 N–H and O–H groups in total. The second kappa shape index (κ2) is 8.42. The lowest BCUT2D eigenvalue weighted by molar-refractivity contribution is -0.384. The molecule has 0 saturated carbocycles. The van der Waals surface area contributed by atoms with Gasteiger partial charge in [-0.05, 0) is 24.3 Å². The molecule has 0 spiro atoms. The Kier molecular flexibility index (Phi) is 6.00. The first-order valence-corrected chi connectivity index (χ1v) is 9.55. The van der Waals surface area contributed by atoms with Gasteiger partial charge in [0.15, 0.2) is 0 Å². The van der Waals surface area contributed by atoms with E-state index in [1.54, 1.807) is 12.1 Å². The summed E-state index contributed by atoms with van der Waals surface area (Å²) >= 11 is 7.57. The highest BCUT2D eigenvalue weighted by Gasteiger charge is 2.21. The van der Waals surface area contributed by atoms with Crippen LogP contribution in [0.5, 0.6) is 0 Å². The topological polar surface area (TPSA) is 66.7 Å². The van der Waals surface area contributed by atoms with Crippen molar-refractivity contribution in [2.45, 2.75) is 4.90 Å². The Bertz CT molecular complexity index is 793. The van der Waals surface area contributed by atoms with Gasteiger partial charge in [0.25, 0.3) is 5.69 Å². The van der Waals surface area contributed by atoms with Crippen molar-refractivity contribution in [1.82, 2.24) is 4.90 Å². The summed E-state index contributed by atoms with van der Waals surface area (Å²) in [4.78, 5) is 27.6. The molecule has 0 aromatic heterocycles. The molecule has 136 valence electrons. The first-order valence-electron chi connectivity index (χ1n) is 8.19. The van der Waals surface area contributed by atoms with Crippen molar-refractivity contribution < 1.29 is 9.72 Å². The van der Waals surface area contributed by atoms with Gasteiger partial charge in [0, 0.05) is 48.9 Å². The normalized spacial score (nSPS) is 14.3. The van der Waals surface area contributed by atoms with Gasteiger partial charge in [-0.15, -0.1) is 11.8 Å². The maximum Gasteiger partial charge on any atom is 0.269 e. The first kappa shape index (κ1) is 18.5. The molecule has 0 aliphatic carbocycles. The molecular weight excluding hydrogens is 374 g/mol. The van der Waals surface area contributed by atoms with Crippen LogP contribution in [0, 0.1) is 10.1 Å². The number of hydrogen-bond acceptors (Lipinski definition) is 5. The molecule has 1 aliphatic heterocycles. The van der Waals surface area contributed by atoms with Crippen LogP contribution in [0.25, 0.3) is 0 Å². The van der Waals surface area contributed by atoms with Gasteiger partial charge in [-0.3, -0.25) is 14.9 Å². The Morgan fingerprint density at radius 1 is 1.08 bits per heavy atom. The molecule has 0 atom stereocenters. The monoisotopic (exact) mass is 391 g/mol. The average molecular weight is 392 g/mol. The van der Waals surface area contributed by atoms with Crippen LogP contribution >= 0.6 is 23.4 Å². The van der Waals surface area contributed by atoms with Gasteiger partial charge in [0.2, 0.25) is 5.91 Å². The molecule has 8 heteroatoms. The number of piperazine rings is 1. The van der Waals surface area contributed by atoms with Gasteiger partial charge >= 0.3 is 0 Å². The smallest absolute Gasteiger partial charge is 0.269 e. The third-order valence-corrected chi connectivity index (χ3v) is 5.75. The van der Waals surface area contributed by atoms with Crippen molar-refractivity contribution in [3.8, 4) is 0 Å². The molecule has 1 amide bonds. The highest BCUT2D eigenvalue weighted by molar-refractivity contribution is 8.00. The predicted molar refractivity (Wildman–Crippen MR) is 104 cm³/mol. The third kappa shape index (κ3) is 4.47. The molecule has 1 saturated heterocycles. The number of non-ortho nitro benzene ring substituents is 1. The van der Waals surface area contributed by atoms with Gasteiger partial charge in [0.1, 0.15) is 0 Å². The molecule has 6 nitrogen and oxygen atoms in total. The standard InChI is InChI=1S/C18H18ClN3O3S/c19-16-3-1-2-4-17(16)26-13-18(23)21-11-9-20(10-12-21)14-5-7-15(8-6-14)22(24)25/h1-8H,9-13H2. The van der Waals surface area contributed by atoms with Crippen LogP contribution in [-0.2, 0) is 4.79 Å². The van der Waals surface area contributed by atoms with Crippen molar-refractivity contribution in [2.24, 2.45) is 0 Å². The predicted octanol–water partition coefficient (Wildman–Crippen LogP) is 3.69. The van der Waals surface area contributed by atoms with Crippen LogP contribution in [-0.4, -0.2) is 47.7 Å². The number of halogens is 1. The lowest BCUT2D eigenvalue weighted by Gasteiger charge is -2.36. The summed E-state index contributed by atoms with van der Waals surface area (Å²) in [5.41, 5.74) is 1.02. The van der Waals surface area contributed by atoms with Crippen LogP contribution in [0.2, 0.25) is 5.02 Å². The Balaban J connectivity index is 1.50. The minimum Gasteiger partial charge on any atom is -0.368 e. The maximum atomic E-state index is 12.4. The van der Waals surface area contributed by atoms with E-state index >= 15 is 0 Å². The molecule has 1 fully saturated rings. The molecule has 0 unspecified atom stereocenters. The van der Waals surface area contributed by atoms with E-state index in [0.29, 0.717) is 37.0 Å². The van der Waals surface area contributed by atoms with E-state index < -0.39 is 4.92 Å². The van der Waals surface area contributed by atoms with Gasteiger partial charge in [0.05, 0.1) is 15.7 Å². The number of anilines is 1. The summed E-state index contributed by atoms with van der Waals surface area (Å²) in [5.74, 6) is 0.458. The van der Waals surface area contributed by atoms with Crippen LogP contribution in [0.15, 0.2) is 53.4 Å². The summed E-state index contributed by atoms with van der Waals surface area (Å²) in [6.07, 6.45) is 0. The van der Waals surface area contributed by atoms with Crippen molar-refractivity contribution in [3.05, 3.63) is 63.7 Å². The third-order valence-electron chi connectivity index (χ3n) is 4.25. The zero-order valence-electron chi connectivity index (χ0n) is 14.0. The number of nitro groups is 1. The van der Waals surface area contributed by atoms with E-state index in [1.807, 2.05) is 29.2 Å². The molecule has 0 bridgehead atoms. The number of nitrogens with zero attached hydrogens (tertiary/aromatic N) is 3. The Labute approximate surface area is 160 Å². The summed E-state index contributed by atoms with van der Waals surface area (Å²) in [6.45, 7) is 2.69. The molecule has 1 heterocycles. The van der Waals surface area contributed by atoms with E-state index in [1.165, 1.54) is 23.9 Å². The van der Waals surface area contributed by atoms with Crippen molar-refractivity contribution in [1.29, 1.82) is 0 Å². The highest BCUT2D eigenvalue weighted by atomic mass is 35.5. The molecule has 2 aromatic carbocycles. The number of nitro benzene ring substituents is 1. The fraction of sp³-hybridized carbons (Fsp3) is 0.278. The minimum absolute atomic E-state index is 0.0826. The molecule has 2 aromatic rings. The molecule has 1 aliphatic rings. The van der Waals surface area contributed by atoms with Crippen LogP contribution in [0.4, 0.5) is 11.4 Å². The molecule has 26 heavy (non-hydrogen) atoms. The SMILES string of the molecule is O=C(CSc1ccccc1Cl)N1CCN(c2ccc([N+](=O)[O-])cc2)CC1. The van der Waals surface area contributed by atoms with E-state index in [4.69, 9.17) is 11.6 Å². The van der Waals surface area contributed by atoms with Gasteiger partial charge in [-0.2, -0.15) is 0 Å². The fourth-order valence-corrected chi connectivity index (χ4v) is 3.93. The second-order valence-electron chi connectivity index (χ2n) is 5.86. The quantitative estimate of drug-likeness (QED) is 0.441. The zero-order valence-corrected chi connectivity index (χ0v) is 15.6. The molecule has 3 rings (SSSR count). The minimum atomic E-state index is -0.406. The largest absolute Gasteiger partial charge is 0.368 e. The Morgan fingerprint density at radius 3 is 2.35 bits per heavy atom. The number of hydrogen-bond donors (Lipinski definition) is 0. The van der Waals surface area contributed by atoms with E-state index in [0.717, 1.165) is 10.6 Å². The van der Waals surface area contributed by atoms with Gasteiger partial charge < -0.3 is 9.80 Å². The number of carbonyl (C=O) groups excluding carboxylic acids is 1. The fourth-order valence-electron chi connectivity index (χ4n) is 2.79. The summed E-state index contributed by atoms with van der Waals surface area (Å²) in [7, 11) is 0. The Morgan fingerprint density at radius 2 is 1.73 bits per heavy atom. The second-order valence-corrected chi connectivity index (χ2v) is 7.28. The lowest BCUT2D eigenvalue weighted by Crippen LogP contribution is -2.49. The van der Waals surface area contributed by atoms with Crippen molar-refractivity contribution in [3.63, 3.8) is 0 Å². The number of amides is 1. The average Bonchev–Trinajstić information content (AvgIpc) is 2.67. The summed E-state index contributed by atoms with van der Waals surface area (Å²) in [6, 6.07) is 14.0. The van der Waals surface area contributed by atoms with Crippen LogP contribution < -0.4 is 4.90 Å². The summed E-state index contributed by atoms with van der Waals surface area (Å²) < 4.78 is 0. The van der Waals surface area contributed by atoms with Crippen molar-refractivity contribution >= 4 is 40.6 Å². The first-order chi connectivity index (χ1) is 12.5. The number of thioether (sulfide) groups is 1. The lowest BCUT2D eigenvalue weighted by atomic mass is 10.2. The van der Waals surface area contributed by atoms with E-state index in [9.17, 15) is 14.9 Å². The molecular formula is C18H18ClN3O3S. The van der Waals surface area contributed by atoms with E-state index in [-0.39, 0.29) is 11.6 Å². The van der Waals surface area contributed by atoms with Crippen LogP contribution in [0.3, 0.4) is 0 Å². The number of carbonyl (C=O) groups is 1. The highest BCUT2D eigenvalue weighted by Crippen LogP contribution is 2.27. The van der Waals surface area contributed by atoms with Gasteiger partial charge in [-0.1, -0.05) is 23.7 Å². The Hall–Kier alpha value is -2.25. The molecule has 0 radical (unpaired) electrons. The number of rotatable bonds is 5. The number of benzene rings is 2. The zero-order chi connectivity index (χ0) is 18.5. The van der Waals surface area contributed by atoms with Crippen LogP contribution in [0.1, 0.15) is 0 Å². The van der Waals surface area contributed by atoms with Gasteiger partial charge in [-0.25, -0.2) is 0 Å². The van der Waals surface area contributed by atoms with E-state index in [2.05, 4.69) is 4.90 Å². The maximum absolute atomic E-state index is 12.4. The summed E-state index contributed by atoms with van der Waals surface area (Å²) in [5, 5.41) is 11.4. The van der Waals surface area contributed by atoms with Crippen molar-refractivity contribution in [2.75, 3.05) is 36.8 Å².